The van der Waals surface area contributed by atoms with Gasteiger partial charge in [0.1, 0.15) is 5.82 Å². The Morgan fingerprint density at radius 3 is 2.44 bits per heavy atom. The summed E-state index contributed by atoms with van der Waals surface area (Å²) in [6.45, 7) is 0. The second kappa shape index (κ2) is 3.62. The van der Waals surface area contributed by atoms with Crippen LogP contribution in [0.4, 0.5) is 17.6 Å². The number of imidazole rings is 1. The second-order valence-electron chi connectivity index (χ2n) is 3.16. The number of alkyl halides is 3. The van der Waals surface area contributed by atoms with Gasteiger partial charge in [0.05, 0.1) is 23.8 Å². The molecule has 0 fully saturated rings. The van der Waals surface area contributed by atoms with Gasteiger partial charge in [0, 0.05) is 5.56 Å². The Morgan fingerprint density at radius 1 is 1.19 bits per heavy atom. The van der Waals surface area contributed by atoms with Crippen molar-refractivity contribution >= 4 is 0 Å². The van der Waals surface area contributed by atoms with E-state index < -0.39 is 17.6 Å². The number of nitrogens with one attached hydrogen (secondary N) is 1. The number of nitrogens with zero attached hydrogens (tertiary/aromatic N) is 1. The van der Waals surface area contributed by atoms with E-state index in [4.69, 9.17) is 0 Å². The van der Waals surface area contributed by atoms with Crippen LogP contribution in [0.1, 0.15) is 5.56 Å². The van der Waals surface area contributed by atoms with Crippen molar-refractivity contribution in [2.45, 2.75) is 6.18 Å². The van der Waals surface area contributed by atoms with Crippen LogP contribution in [0.2, 0.25) is 0 Å². The van der Waals surface area contributed by atoms with E-state index in [0.717, 1.165) is 12.1 Å². The molecule has 84 valence electrons. The lowest BCUT2D eigenvalue weighted by Crippen LogP contribution is -2.05. The molecule has 2 aromatic rings. The fraction of sp³-hybridized carbons (Fsp3) is 0.100. The van der Waals surface area contributed by atoms with Crippen LogP contribution in [0.15, 0.2) is 30.7 Å². The molecule has 0 aliphatic rings. The average Bonchev–Trinajstić information content (AvgIpc) is 2.69. The third-order valence-corrected chi connectivity index (χ3v) is 2.08. The summed E-state index contributed by atoms with van der Waals surface area (Å²) in [5.41, 5.74) is -0.606. The van der Waals surface area contributed by atoms with Gasteiger partial charge < -0.3 is 4.98 Å². The van der Waals surface area contributed by atoms with Crippen molar-refractivity contribution in [1.29, 1.82) is 0 Å². The molecule has 0 amide bonds. The predicted octanol–water partition coefficient (Wildman–Crippen LogP) is 3.23. The SMILES string of the molecule is Fc1cc(C(F)(F)F)ccc1-c1cnc[nH]1. The van der Waals surface area contributed by atoms with E-state index >= 15 is 0 Å². The van der Waals surface area contributed by atoms with Crippen molar-refractivity contribution in [2.75, 3.05) is 0 Å². The molecule has 0 bridgehead atoms. The summed E-state index contributed by atoms with van der Waals surface area (Å²) < 4.78 is 50.2. The first-order valence-electron chi connectivity index (χ1n) is 4.34. The number of hydrogen-bond acceptors (Lipinski definition) is 1. The molecule has 2 rings (SSSR count). The number of aromatic nitrogens is 2. The molecule has 16 heavy (non-hydrogen) atoms. The van der Waals surface area contributed by atoms with E-state index in [1.54, 1.807) is 0 Å². The van der Waals surface area contributed by atoms with E-state index in [-0.39, 0.29) is 5.56 Å². The zero-order valence-corrected chi connectivity index (χ0v) is 7.85. The minimum atomic E-state index is -4.53. The third kappa shape index (κ3) is 1.91. The molecule has 0 spiro atoms. The highest BCUT2D eigenvalue weighted by molar-refractivity contribution is 5.59. The maximum Gasteiger partial charge on any atom is 0.416 e. The topological polar surface area (TPSA) is 28.7 Å². The second-order valence-corrected chi connectivity index (χ2v) is 3.16. The average molecular weight is 230 g/mol. The van der Waals surface area contributed by atoms with Gasteiger partial charge in [0.25, 0.3) is 0 Å². The van der Waals surface area contributed by atoms with Crippen LogP contribution in [0, 0.1) is 5.82 Å². The van der Waals surface area contributed by atoms with E-state index in [9.17, 15) is 17.6 Å². The summed E-state index contributed by atoms with van der Waals surface area (Å²) in [6.07, 6.45) is -1.87. The minimum Gasteiger partial charge on any atom is -0.345 e. The van der Waals surface area contributed by atoms with Gasteiger partial charge in [-0.3, -0.25) is 0 Å². The smallest absolute Gasteiger partial charge is 0.345 e. The van der Waals surface area contributed by atoms with Crippen LogP contribution < -0.4 is 0 Å². The molecule has 1 heterocycles. The molecular weight excluding hydrogens is 224 g/mol. The number of hydrogen-bond donors (Lipinski definition) is 1. The largest absolute Gasteiger partial charge is 0.416 e. The van der Waals surface area contributed by atoms with Crippen molar-refractivity contribution in [3.05, 3.63) is 42.1 Å². The lowest BCUT2D eigenvalue weighted by atomic mass is 10.1. The van der Waals surface area contributed by atoms with Crippen LogP contribution in [-0.2, 0) is 6.18 Å². The summed E-state index contributed by atoms with van der Waals surface area (Å²) in [5, 5.41) is 0. The standard InChI is InChI=1S/C10H6F4N2/c11-8-3-6(10(12,13)14)1-2-7(8)9-4-15-5-16-9/h1-5H,(H,15,16). The molecule has 0 aliphatic heterocycles. The van der Waals surface area contributed by atoms with Crippen LogP contribution in [-0.4, -0.2) is 9.97 Å². The molecule has 0 saturated carbocycles. The fourth-order valence-electron chi connectivity index (χ4n) is 1.31. The van der Waals surface area contributed by atoms with Gasteiger partial charge >= 0.3 is 6.18 Å². The first-order chi connectivity index (χ1) is 7.48. The first kappa shape index (κ1) is 10.7. The number of rotatable bonds is 1. The summed E-state index contributed by atoms with van der Waals surface area (Å²) >= 11 is 0. The molecule has 0 aliphatic carbocycles. The van der Waals surface area contributed by atoms with Gasteiger partial charge in [-0.15, -0.1) is 0 Å². The van der Waals surface area contributed by atoms with E-state index in [0.29, 0.717) is 11.8 Å². The Kier molecular flexibility index (Phi) is 2.41. The Bertz CT molecular complexity index is 488. The van der Waals surface area contributed by atoms with Gasteiger partial charge in [-0.1, -0.05) is 0 Å². The highest BCUT2D eigenvalue weighted by Gasteiger charge is 2.31. The fourth-order valence-corrected chi connectivity index (χ4v) is 1.31. The Morgan fingerprint density at radius 2 is 1.94 bits per heavy atom. The molecule has 6 heteroatoms. The molecule has 1 N–H and O–H groups in total. The normalized spacial score (nSPS) is 11.8. The minimum absolute atomic E-state index is 0.0606. The molecular formula is C10H6F4N2. The Balaban J connectivity index is 2.46. The maximum atomic E-state index is 13.4. The predicted molar refractivity (Wildman–Crippen MR) is 49.0 cm³/mol. The van der Waals surface area contributed by atoms with Crippen molar-refractivity contribution in [3.63, 3.8) is 0 Å². The maximum absolute atomic E-state index is 13.4. The number of aromatic amines is 1. The van der Waals surface area contributed by atoms with Crippen LogP contribution in [0.5, 0.6) is 0 Å². The monoisotopic (exact) mass is 230 g/mol. The lowest BCUT2D eigenvalue weighted by Gasteiger charge is -2.08. The number of halogens is 4. The van der Waals surface area contributed by atoms with E-state index in [1.807, 2.05) is 0 Å². The first-order valence-corrected chi connectivity index (χ1v) is 4.34. The van der Waals surface area contributed by atoms with Crippen LogP contribution in [0.25, 0.3) is 11.3 Å². The van der Waals surface area contributed by atoms with Crippen molar-refractivity contribution < 1.29 is 17.6 Å². The summed E-state index contributed by atoms with van der Waals surface area (Å²) in [7, 11) is 0. The van der Waals surface area contributed by atoms with Crippen molar-refractivity contribution in [1.82, 2.24) is 9.97 Å². The molecule has 1 aromatic heterocycles. The molecule has 1 aromatic carbocycles. The van der Waals surface area contributed by atoms with Gasteiger partial charge in [-0.05, 0) is 18.2 Å². The molecule has 0 atom stereocenters. The summed E-state index contributed by atoms with van der Waals surface area (Å²) in [4.78, 5) is 6.29. The lowest BCUT2D eigenvalue weighted by molar-refractivity contribution is -0.137. The number of H-pyrrole nitrogens is 1. The molecule has 0 unspecified atom stereocenters. The molecule has 0 radical (unpaired) electrons. The van der Waals surface area contributed by atoms with Gasteiger partial charge in [0.2, 0.25) is 0 Å². The van der Waals surface area contributed by atoms with E-state index in [1.165, 1.54) is 12.5 Å². The number of benzene rings is 1. The zero-order valence-electron chi connectivity index (χ0n) is 7.85. The quantitative estimate of drug-likeness (QED) is 0.748. The van der Waals surface area contributed by atoms with Crippen molar-refractivity contribution in [2.24, 2.45) is 0 Å². The summed E-state index contributed by atoms with van der Waals surface area (Å²) in [5.74, 6) is -0.931. The Hall–Kier alpha value is -1.85. The van der Waals surface area contributed by atoms with Gasteiger partial charge in [-0.25, -0.2) is 9.37 Å². The van der Waals surface area contributed by atoms with Crippen molar-refractivity contribution in [3.8, 4) is 11.3 Å². The summed E-state index contributed by atoms with van der Waals surface area (Å²) in [6, 6.07) is 2.38. The zero-order chi connectivity index (χ0) is 11.8. The van der Waals surface area contributed by atoms with Crippen LogP contribution in [0.3, 0.4) is 0 Å². The molecule has 0 saturated heterocycles. The highest BCUT2D eigenvalue weighted by atomic mass is 19.4. The Labute approximate surface area is 87.9 Å². The highest BCUT2D eigenvalue weighted by Crippen LogP contribution is 2.32. The van der Waals surface area contributed by atoms with E-state index in [2.05, 4.69) is 9.97 Å². The molecule has 2 nitrogen and oxygen atoms in total. The van der Waals surface area contributed by atoms with Gasteiger partial charge in [0.15, 0.2) is 0 Å². The third-order valence-electron chi connectivity index (χ3n) is 2.08. The van der Waals surface area contributed by atoms with Gasteiger partial charge in [-0.2, -0.15) is 13.2 Å². The van der Waals surface area contributed by atoms with Crippen LogP contribution >= 0.6 is 0 Å².